The Bertz CT molecular complexity index is 442. The second kappa shape index (κ2) is 6.55. The third kappa shape index (κ3) is 3.49. The van der Waals surface area contributed by atoms with Crippen LogP contribution in [0.2, 0.25) is 0 Å². The van der Waals surface area contributed by atoms with E-state index in [0.717, 1.165) is 30.9 Å². The largest absolute Gasteiger partial charge is 0.372 e. The Labute approximate surface area is 121 Å². The molecule has 0 saturated carbocycles. The molecule has 3 atom stereocenters. The van der Waals surface area contributed by atoms with Gasteiger partial charge in [0.25, 0.3) is 0 Å². The summed E-state index contributed by atoms with van der Waals surface area (Å²) in [4.78, 5) is 2.31. The first kappa shape index (κ1) is 15.3. The standard InChI is InChI=1S/C16H25FN2O/c1-5-18-13(4)15-8-14(17)6-7-16(15)19-9-11(2)20-12(3)10-19/h6-8,11-13,18H,5,9-10H2,1-4H3. The smallest absolute Gasteiger partial charge is 0.123 e. The number of hydrogen-bond donors (Lipinski definition) is 1. The Morgan fingerprint density at radius 2 is 2.00 bits per heavy atom. The van der Waals surface area contributed by atoms with Gasteiger partial charge in [-0.25, -0.2) is 4.39 Å². The molecule has 1 N–H and O–H groups in total. The normalized spacial score (nSPS) is 24.8. The highest BCUT2D eigenvalue weighted by Gasteiger charge is 2.25. The molecule has 2 rings (SSSR count). The molecule has 1 fully saturated rings. The highest BCUT2D eigenvalue weighted by Crippen LogP contribution is 2.29. The van der Waals surface area contributed by atoms with Gasteiger partial charge in [-0.2, -0.15) is 0 Å². The Kier molecular flexibility index (Phi) is 5.00. The summed E-state index contributed by atoms with van der Waals surface area (Å²) in [5.41, 5.74) is 2.13. The van der Waals surface area contributed by atoms with E-state index in [1.807, 2.05) is 6.07 Å². The topological polar surface area (TPSA) is 24.5 Å². The zero-order valence-corrected chi connectivity index (χ0v) is 12.8. The van der Waals surface area contributed by atoms with E-state index in [0.29, 0.717) is 0 Å². The first-order valence-electron chi connectivity index (χ1n) is 7.44. The van der Waals surface area contributed by atoms with E-state index in [4.69, 9.17) is 4.74 Å². The quantitative estimate of drug-likeness (QED) is 0.917. The molecular weight excluding hydrogens is 255 g/mol. The summed E-state index contributed by atoms with van der Waals surface area (Å²) in [6.45, 7) is 10.9. The molecule has 0 radical (unpaired) electrons. The number of morpholine rings is 1. The first-order chi connectivity index (χ1) is 9.51. The molecule has 0 aromatic heterocycles. The minimum Gasteiger partial charge on any atom is -0.372 e. The molecule has 3 nitrogen and oxygen atoms in total. The van der Waals surface area contributed by atoms with E-state index in [-0.39, 0.29) is 24.1 Å². The Morgan fingerprint density at radius 1 is 1.35 bits per heavy atom. The maximum Gasteiger partial charge on any atom is 0.123 e. The van der Waals surface area contributed by atoms with Crippen LogP contribution in [0.3, 0.4) is 0 Å². The van der Waals surface area contributed by atoms with Crippen molar-refractivity contribution in [3.05, 3.63) is 29.6 Å². The second-order valence-electron chi connectivity index (χ2n) is 5.64. The third-order valence-electron chi connectivity index (χ3n) is 3.73. The van der Waals surface area contributed by atoms with Crippen molar-refractivity contribution in [2.75, 3.05) is 24.5 Å². The van der Waals surface area contributed by atoms with Crippen molar-refractivity contribution < 1.29 is 9.13 Å². The average molecular weight is 280 g/mol. The van der Waals surface area contributed by atoms with Gasteiger partial charge in [0.15, 0.2) is 0 Å². The lowest BCUT2D eigenvalue weighted by molar-refractivity contribution is -0.00528. The van der Waals surface area contributed by atoms with Crippen LogP contribution < -0.4 is 10.2 Å². The molecule has 1 heterocycles. The number of anilines is 1. The molecule has 20 heavy (non-hydrogen) atoms. The van der Waals surface area contributed by atoms with Crippen molar-refractivity contribution in [2.24, 2.45) is 0 Å². The van der Waals surface area contributed by atoms with Crippen LogP contribution in [-0.2, 0) is 4.74 Å². The number of halogens is 1. The number of ether oxygens (including phenoxy) is 1. The molecule has 1 aromatic rings. The molecule has 1 aliphatic rings. The van der Waals surface area contributed by atoms with Gasteiger partial charge in [-0.15, -0.1) is 0 Å². The fourth-order valence-corrected chi connectivity index (χ4v) is 2.95. The van der Waals surface area contributed by atoms with Crippen LogP contribution in [0.1, 0.15) is 39.3 Å². The Balaban J connectivity index is 2.30. The van der Waals surface area contributed by atoms with Gasteiger partial charge >= 0.3 is 0 Å². The molecule has 1 aliphatic heterocycles. The predicted molar refractivity (Wildman–Crippen MR) is 80.7 cm³/mol. The zero-order chi connectivity index (χ0) is 14.7. The first-order valence-corrected chi connectivity index (χ1v) is 7.44. The van der Waals surface area contributed by atoms with E-state index in [9.17, 15) is 4.39 Å². The molecule has 3 unspecified atom stereocenters. The molecule has 4 heteroatoms. The molecule has 0 bridgehead atoms. The van der Waals surface area contributed by atoms with Crippen LogP contribution >= 0.6 is 0 Å². The van der Waals surface area contributed by atoms with E-state index in [2.05, 4.69) is 37.9 Å². The van der Waals surface area contributed by atoms with Crippen molar-refractivity contribution >= 4 is 5.69 Å². The summed E-state index contributed by atoms with van der Waals surface area (Å²) in [6.07, 6.45) is 0.400. The summed E-state index contributed by atoms with van der Waals surface area (Å²) in [5.74, 6) is -0.178. The SMILES string of the molecule is CCNC(C)c1cc(F)ccc1N1CC(C)OC(C)C1. The highest BCUT2D eigenvalue weighted by atomic mass is 19.1. The van der Waals surface area contributed by atoms with Crippen molar-refractivity contribution in [1.29, 1.82) is 0 Å². The van der Waals surface area contributed by atoms with Crippen molar-refractivity contribution in [1.82, 2.24) is 5.32 Å². The number of rotatable bonds is 4. The molecule has 1 aromatic carbocycles. The van der Waals surface area contributed by atoms with Crippen LogP contribution in [0.15, 0.2) is 18.2 Å². The van der Waals surface area contributed by atoms with Crippen LogP contribution in [0.5, 0.6) is 0 Å². The molecular formula is C16H25FN2O. The highest BCUT2D eigenvalue weighted by molar-refractivity contribution is 5.55. The summed E-state index contributed by atoms with van der Waals surface area (Å²) in [5, 5.41) is 3.37. The number of hydrogen-bond acceptors (Lipinski definition) is 3. The van der Waals surface area contributed by atoms with Gasteiger partial charge in [0.2, 0.25) is 0 Å². The van der Waals surface area contributed by atoms with Gasteiger partial charge in [0.05, 0.1) is 12.2 Å². The molecule has 0 spiro atoms. The van der Waals surface area contributed by atoms with Crippen LogP contribution in [0.25, 0.3) is 0 Å². The number of nitrogens with zero attached hydrogens (tertiary/aromatic N) is 1. The molecule has 1 saturated heterocycles. The van der Waals surface area contributed by atoms with E-state index in [1.54, 1.807) is 12.1 Å². The third-order valence-corrected chi connectivity index (χ3v) is 3.73. The van der Waals surface area contributed by atoms with Gasteiger partial charge in [0.1, 0.15) is 5.82 Å². The molecule has 112 valence electrons. The van der Waals surface area contributed by atoms with Gasteiger partial charge in [-0.05, 0) is 51.1 Å². The minimum atomic E-state index is -0.178. The Morgan fingerprint density at radius 3 is 2.60 bits per heavy atom. The monoisotopic (exact) mass is 280 g/mol. The maximum atomic E-state index is 13.6. The van der Waals surface area contributed by atoms with Crippen molar-refractivity contribution in [3.8, 4) is 0 Å². The van der Waals surface area contributed by atoms with Gasteiger partial charge in [-0.3, -0.25) is 0 Å². The van der Waals surface area contributed by atoms with Crippen LogP contribution in [-0.4, -0.2) is 31.8 Å². The molecule has 0 aliphatic carbocycles. The lowest BCUT2D eigenvalue weighted by Gasteiger charge is -2.38. The van der Waals surface area contributed by atoms with Crippen molar-refractivity contribution in [3.63, 3.8) is 0 Å². The lowest BCUT2D eigenvalue weighted by atomic mass is 10.0. The molecule has 0 amide bonds. The van der Waals surface area contributed by atoms with Gasteiger partial charge < -0.3 is 15.0 Å². The fourth-order valence-electron chi connectivity index (χ4n) is 2.95. The fraction of sp³-hybridized carbons (Fsp3) is 0.625. The maximum absolute atomic E-state index is 13.6. The predicted octanol–water partition coefficient (Wildman–Crippen LogP) is 3.11. The van der Waals surface area contributed by atoms with Crippen LogP contribution in [0, 0.1) is 5.82 Å². The summed E-state index contributed by atoms with van der Waals surface area (Å²) in [7, 11) is 0. The summed E-state index contributed by atoms with van der Waals surface area (Å²) < 4.78 is 19.4. The van der Waals surface area contributed by atoms with E-state index >= 15 is 0 Å². The zero-order valence-electron chi connectivity index (χ0n) is 12.8. The number of nitrogens with one attached hydrogen (secondary N) is 1. The van der Waals surface area contributed by atoms with Gasteiger partial charge in [-0.1, -0.05) is 6.92 Å². The van der Waals surface area contributed by atoms with Gasteiger partial charge in [0, 0.05) is 24.8 Å². The van der Waals surface area contributed by atoms with E-state index < -0.39 is 0 Å². The second-order valence-corrected chi connectivity index (χ2v) is 5.64. The van der Waals surface area contributed by atoms with Crippen molar-refractivity contribution in [2.45, 2.75) is 45.9 Å². The Hall–Kier alpha value is -1.13. The average Bonchev–Trinajstić information content (AvgIpc) is 2.37. The minimum absolute atomic E-state index is 0.138. The van der Waals surface area contributed by atoms with E-state index in [1.165, 1.54) is 0 Å². The summed E-state index contributed by atoms with van der Waals surface area (Å²) >= 11 is 0. The lowest BCUT2D eigenvalue weighted by Crippen LogP contribution is -2.46. The van der Waals surface area contributed by atoms with Crippen LogP contribution in [0.4, 0.5) is 10.1 Å². The summed E-state index contributed by atoms with van der Waals surface area (Å²) in [6, 6.07) is 5.22. The number of benzene rings is 1.